The summed E-state index contributed by atoms with van der Waals surface area (Å²) in [4.78, 5) is 12.9. The number of Topliss-reactive ketones (excluding diaryl/α,β-unsaturated/α-hetero) is 1. The predicted molar refractivity (Wildman–Crippen MR) is 94.8 cm³/mol. The number of hydrogen-bond donors (Lipinski definition) is 1. The first-order chi connectivity index (χ1) is 12.0. The van der Waals surface area contributed by atoms with Gasteiger partial charge < -0.3 is 19.3 Å². The monoisotopic (exact) mass is 340 g/mol. The maximum absolute atomic E-state index is 12.9. The normalized spacial score (nSPS) is 15.3. The Morgan fingerprint density at radius 3 is 2.48 bits per heavy atom. The lowest BCUT2D eigenvalue weighted by molar-refractivity contribution is 0.103. The molecule has 25 heavy (non-hydrogen) atoms. The quantitative estimate of drug-likeness (QED) is 0.862. The Labute approximate surface area is 146 Å². The van der Waals surface area contributed by atoms with E-state index in [9.17, 15) is 9.90 Å². The minimum Gasteiger partial charge on any atom is -0.502 e. The minimum absolute atomic E-state index is 0.0535. The van der Waals surface area contributed by atoms with Gasteiger partial charge in [-0.15, -0.1) is 0 Å². The summed E-state index contributed by atoms with van der Waals surface area (Å²) >= 11 is 0. The van der Waals surface area contributed by atoms with Crippen LogP contribution < -0.4 is 14.2 Å². The number of carbonyl (C=O) groups is 1. The Morgan fingerprint density at radius 1 is 1.16 bits per heavy atom. The Hall–Kier alpha value is -2.95. The molecule has 5 heteroatoms. The van der Waals surface area contributed by atoms with E-state index in [4.69, 9.17) is 14.2 Å². The van der Waals surface area contributed by atoms with E-state index in [0.29, 0.717) is 47.0 Å². The van der Waals surface area contributed by atoms with Crippen molar-refractivity contribution < 1.29 is 24.1 Å². The van der Waals surface area contributed by atoms with Crippen LogP contribution in [-0.4, -0.2) is 31.7 Å². The SMILES string of the molecule is COc1cc(C=C2CCOc3c(C)cccc3C2=O)cc(OC)c1O. The molecule has 1 aliphatic heterocycles. The number of phenolic OH excluding ortho intramolecular Hbond substituents is 1. The first kappa shape index (κ1) is 16.9. The van der Waals surface area contributed by atoms with Crippen LogP contribution in [0.15, 0.2) is 35.9 Å². The smallest absolute Gasteiger partial charge is 0.200 e. The van der Waals surface area contributed by atoms with Gasteiger partial charge in [0, 0.05) is 12.0 Å². The molecule has 3 rings (SSSR count). The largest absolute Gasteiger partial charge is 0.502 e. The van der Waals surface area contributed by atoms with Gasteiger partial charge in [-0.1, -0.05) is 12.1 Å². The molecule has 2 aromatic carbocycles. The van der Waals surface area contributed by atoms with Gasteiger partial charge in [0.05, 0.1) is 26.4 Å². The number of benzene rings is 2. The van der Waals surface area contributed by atoms with Crippen molar-refractivity contribution in [2.24, 2.45) is 0 Å². The van der Waals surface area contributed by atoms with E-state index < -0.39 is 0 Å². The number of aryl methyl sites for hydroxylation is 1. The fourth-order valence-electron chi connectivity index (χ4n) is 2.91. The first-order valence-electron chi connectivity index (χ1n) is 7.97. The first-order valence-corrected chi connectivity index (χ1v) is 7.97. The number of hydrogen-bond acceptors (Lipinski definition) is 5. The zero-order valence-electron chi connectivity index (χ0n) is 14.5. The number of rotatable bonds is 3. The molecule has 1 N–H and O–H groups in total. The lowest BCUT2D eigenvalue weighted by atomic mass is 9.97. The summed E-state index contributed by atoms with van der Waals surface area (Å²) in [6, 6.07) is 8.89. The number of phenols is 1. The fourth-order valence-corrected chi connectivity index (χ4v) is 2.91. The van der Waals surface area contributed by atoms with E-state index in [-0.39, 0.29) is 11.5 Å². The summed E-state index contributed by atoms with van der Waals surface area (Å²) < 4.78 is 16.1. The third-order valence-corrected chi connectivity index (χ3v) is 4.21. The molecule has 0 radical (unpaired) electrons. The summed E-state index contributed by atoms with van der Waals surface area (Å²) in [5.74, 6) is 1.11. The maximum atomic E-state index is 12.9. The second-order valence-electron chi connectivity index (χ2n) is 5.82. The van der Waals surface area contributed by atoms with Gasteiger partial charge in [-0.25, -0.2) is 0 Å². The Morgan fingerprint density at radius 2 is 1.84 bits per heavy atom. The lowest BCUT2D eigenvalue weighted by Gasteiger charge is -2.10. The van der Waals surface area contributed by atoms with Gasteiger partial charge in [-0.05, 0) is 42.3 Å². The summed E-state index contributed by atoms with van der Waals surface area (Å²) in [6.45, 7) is 2.36. The molecular weight excluding hydrogens is 320 g/mol. The summed E-state index contributed by atoms with van der Waals surface area (Å²) in [6.07, 6.45) is 2.28. The molecule has 0 saturated heterocycles. The van der Waals surface area contributed by atoms with Crippen LogP contribution in [0.2, 0.25) is 0 Å². The van der Waals surface area contributed by atoms with E-state index in [2.05, 4.69) is 0 Å². The van der Waals surface area contributed by atoms with Crippen molar-refractivity contribution in [2.45, 2.75) is 13.3 Å². The van der Waals surface area contributed by atoms with E-state index in [1.165, 1.54) is 14.2 Å². The summed E-state index contributed by atoms with van der Waals surface area (Å²) in [5.41, 5.74) is 2.87. The summed E-state index contributed by atoms with van der Waals surface area (Å²) in [7, 11) is 2.93. The molecule has 0 spiro atoms. The molecule has 2 aromatic rings. The molecule has 130 valence electrons. The Kier molecular flexibility index (Phi) is 4.65. The van der Waals surface area contributed by atoms with Crippen molar-refractivity contribution in [3.63, 3.8) is 0 Å². The molecule has 0 aliphatic carbocycles. The second-order valence-corrected chi connectivity index (χ2v) is 5.82. The van der Waals surface area contributed by atoms with Crippen molar-refractivity contribution >= 4 is 11.9 Å². The topological polar surface area (TPSA) is 65.0 Å². The molecule has 0 aromatic heterocycles. The molecule has 0 bridgehead atoms. The molecule has 0 amide bonds. The zero-order valence-corrected chi connectivity index (χ0v) is 14.5. The van der Waals surface area contributed by atoms with E-state index in [1.54, 1.807) is 24.3 Å². The number of fused-ring (bicyclic) bond motifs is 1. The molecule has 1 aliphatic rings. The maximum Gasteiger partial charge on any atom is 0.200 e. The van der Waals surface area contributed by atoms with Crippen LogP contribution in [0.5, 0.6) is 23.0 Å². The molecule has 0 atom stereocenters. The van der Waals surface area contributed by atoms with Gasteiger partial charge in [0.2, 0.25) is 5.75 Å². The van der Waals surface area contributed by atoms with Gasteiger partial charge in [-0.3, -0.25) is 4.79 Å². The van der Waals surface area contributed by atoms with Crippen LogP contribution in [0.3, 0.4) is 0 Å². The van der Waals surface area contributed by atoms with Crippen LogP contribution in [-0.2, 0) is 0 Å². The van der Waals surface area contributed by atoms with Gasteiger partial charge in [-0.2, -0.15) is 0 Å². The minimum atomic E-state index is -0.0661. The average Bonchev–Trinajstić information content (AvgIpc) is 2.77. The third-order valence-electron chi connectivity index (χ3n) is 4.21. The standard InChI is InChI=1S/C20H20O5/c1-12-5-4-6-15-18(21)14(7-8-25-20(12)15)9-13-10-16(23-2)19(22)17(11-13)24-3/h4-6,9-11,22H,7-8H2,1-3H3. The lowest BCUT2D eigenvalue weighted by Crippen LogP contribution is -2.02. The van der Waals surface area contributed by atoms with Crippen molar-refractivity contribution in [3.8, 4) is 23.0 Å². The van der Waals surface area contributed by atoms with Crippen LogP contribution >= 0.6 is 0 Å². The highest BCUT2D eigenvalue weighted by atomic mass is 16.5. The van der Waals surface area contributed by atoms with Gasteiger partial charge in [0.1, 0.15) is 5.75 Å². The molecule has 5 nitrogen and oxygen atoms in total. The average molecular weight is 340 g/mol. The molecule has 0 unspecified atom stereocenters. The van der Waals surface area contributed by atoms with Gasteiger partial charge >= 0.3 is 0 Å². The number of ketones is 1. The van der Waals surface area contributed by atoms with E-state index >= 15 is 0 Å². The van der Waals surface area contributed by atoms with E-state index in [1.807, 2.05) is 19.1 Å². The Balaban J connectivity index is 2.06. The predicted octanol–water partition coefficient (Wildman–Crippen LogP) is 3.77. The van der Waals surface area contributed by atoms with Crippen LogP contribution in [0, 0.1) is 6.92 Å². The number of methoxy groups -OCH3 is 2. The van der Waals surface area contributed by atoms with Crippen molar-refractivity contribution in [1.82, 2.24) is 0 Å². The van der Waals surface area contributed by atoms with Crippen molar-refractivity contribution in [1.29, 1.82) is 0 Å². The number of para-hydroxylation sites is 1. The van der Waals surface area contributed by atoms with E-state index in [0.717, 1.165) is 5.56 Å². The van der Waals surface area contributed by atoms with Crippen LogP contribution in [0.4, 0.5) is 0 Å². The Bertz CT molecular complexity index is 826. The second kappa shape index (κ2) is 6.89. The van der Waals surface area contributed by atoms with Crippen molar-refractivity contribution in [2.75, 3.05) is 20.8 Å². The number of carbonyl (C=O) groups excluding carboxylic acids is 1. The highest BCUT2D eigenvalue weighted by Crippen LogP contribution is 2.38. The van der Waals surface area contributed by atoms with Crippen LogP contribution in [0.1, 0.15) is 27.9 Å². The number of ether oxygens (including phenoxy) is 3. The zero-order chi connectivity index (χ0) is 18.0. The fraction of sp³-hybridized carbons (Fsp3) is 0.250. The summed E-state index contributed by atoms with van der Waals surface area (Å²) in [5, 5.41) is 10.0. The molecule has 1 heterocycles. The molecule has 0 fully saturated rings. The van der Waals surface area contributed by atoms with Crippen LogP contribution in [0.25, 0.3) is 6.08 Å². The molecule has 0 saturated carbocycles. The highest BCUT2D eigenvalue weighted by Gasteiger charge is 2.22. The highest BCUT2D eigenvalue weighted by molar-refractivity contribution is 6.13. The molecular formula is C20H20O5. The number of aromatic hydroxyl groups is 1. The van der Waals surface area contributed by atoms with Gasteiger partial charge in [0.15, 0.2) is 17.3 Å². The van der Waals surface area contributed by atoms with Gasteiger partial charge in [0.25, 0.3) is 0 Å². The van der Waals surface area contributed by atoms with Crippen molar-refractivity contribution in [3.05, 3.63) is 52.6 Å². The third kappa shape index (κ3) is 3.18.